The Balaban J connectivity index is 3.33. The van der Waals surface area contributed by atoms with Crippen LogP contribution in [-0.4, -0.2) is 30.9 Å². The molecular weight excluding hydrogens is 266 g/mol. The third-order valence-electron chi connectivity index (χ3n) is 3.00. The fourth-order valence-electron chi connectivity index (χ4n) is 2.16. The molecule has 0 unspecified atom stereocenters. The van der Waals surface area contributed by atoms with E-state index in [9.17, 15) is 13.5 Å². The number of aliphatic hydroxyl groups excluding tert-OH is 1. The van der Waals surface area contributed by atoms with E-state index in [0.717, 1.165) is 0 Å². The van der Waals surface area contributed by atoms with Crippen molar-refractivity contribution in [2.45, 2.75) is 46.1 Å². The Kier molecular flexibility index (Phi) is 5.18. The van der Waals surface area contributed by atoms with Crippen molar-refractivity contribution in [3.8, 4) is 0 Å². The van der Waals surface area contributed by atoms with Crippen LogP contribution in [0.3, 0.4) is 0 Å². The summed E-state index contributed by atoms with van der Waals surface area (Å²) in [6.07, 6.45) is 0. The summed E-state index contributed by atoms with van der Waals surface area (Å²) in [4.78, 5) is 0.120. The number of furan rings is 1. The summed E-state index contributed by atoms with van der Waals surface area (Å²) in [6.45, 7) is 9.54. The minimum Gasteiger partial charge on any atom is -0.465 e. The highest BCUT2D eigenvalue weighted by atomic mass is 32.2. The molecule has 1 aromatic heterocycles. The van der Waals surface area contributed by atoms with E-state index in [1.807, 2.05) is 13.8 Å². The molecular formula is C13H23NO4S. The van der Waals surface area contributed by atoms with E-state index >= 15 is 0 Å². The van der Waals surface area contributed by atoms with E-state index in [-0.39, 0.29) is 17.4 Å². The molecule has 0 saturated carbocycles. The first-order valence-electron chi connectivity index (χ1n) is 6.45. The lowest BCUT2D eigenvalue weighted by molar-refractivity contribution is 0.276. The van der Waals surface area contributed by atoms with Crippen molar-refractivity contribution in [3.63, 3.8) is 0 Å². The van der Waals surface area contributed by atoms with Crippen molar-refractivity contribution in [3.05, 3.63) is 17.1 Å². The van der Waals surface area contributed by atoms with Crippen LogP contribution in [0.5, 0.6) is 0 Å². The number of rotatable bonds is 6. The largest absolute Gasteiger partial charge is 0.465 e. The van der Waals surface area contributed by atoms with Crippen molar-refractivity contribution in [2.24, 2.45) is 5.92 Å². The molecule has 110 valence electrons. The quantitative estimate of drug-likeness (QED) is 0.870. The van der Waals surface area contributed by atoms with Gasteiger partial charge in [0.25, 0.3) is 0 Å². The van der Waals surface area contributed by atoms with Gasteiger partial charge in [0, 0.05) is 18.7 Å². The zero-order chi connectivity index (χ0) is 14.8. The summed E-state index contributed by atoms with van der Waals surface area (Å²) >= 11 is 0. The predicted molar refractivity (Wildman–Crippen MR) is 73.4 cm³/mol. The van der Waals surface area contributed by atoms with Gasteiger partial charge in [0.15, 0.2) is 0 Å². The van der Waals surface area contributed by atoms with Crippen LogP contribution < -0.4 is 0 Å². The second-order valence-electron chi connectivity index (χ2n) is 5.03. The molecule has 6 heteroatoms. The second kappa shape index (κ2) is 6.07. The van der Waals surface area contributed by atoms with E-state index < -0.39 is 10.0 Å². The van der Waals surface area contributed by atoms with Gasteiger partial charge in [-0.15, -0.1) is 0 Å². The molecule has 0 atom stereocenters. The first-order chi connectivity index (χ1) is 8.75. The Morgan fingerprint density at radius 2 is 1.84 bits per heavy atom. The van der Waals surface area contributed by atoms with Crippen LogP contribution >= 0.6 is 0 Å². The number of sulfonamides is 1. The zero-order valence-corrected chi connectivity index (χ0v) is 13.0. The van der Waals surface area contributed by atoms with Crippen LogP contribution in [0, 0.1) is 19.8 Å². The van der Waals surface area contributed by atoms with Crippen LogP contribution in [0.2, 0.25) is 0 Å². The molecule has 0 bridgehead atoms. The number of aryl methyl sites for hydroxylation is 2. The normalized spacial score (nSPS) is 12.6. The summed E-state index contributed by atoms with van der Waals surface area (Å²) in [7, 11) is -3.62. The van der Waals surface area contributed by atoms with Gasteiger partial charge < -0.3 is 9.52 Å². The highest BCUT2D eigenvalue weighted by Gasteiger charge is 2.31. The molecule has 0 amide bonds. The highest BCUT2D eigenvalue weighted by Crippen LogP contribution is 2.29. The van der Waals surface area contributed by atoms with E-state index in [2.05, 4.69) is 0 Å². The first-order valence-corrected chi connectivity index (χ1v) is 7.89. The van der Waals surface area contributed by atoms with Gasteiger partial charge >= 0.3 is 0 Å². The maximum absolute atomic E-state index is 12.7. The Labute approximate surface area is 115 Å². The molecule has 0 aromatic carbocycles. The predicted octanol–water partition coefficient (Wildman–Crippen LogP) is 2.06. The van der Waals surface area contributed by atoms with Crippen LogP contribution in [0.15, 0.2) is 9.31 Å². The molecule has 0 spiro atoms. The maximum atomic E-state index is 12.7. The Bertz CT molecular complexity index is 531. The van der Waals surface area contributed by atoms with Gasteiger partial charge in [-0.25, -0.2) is 8.42 Å². The van der Waals surface area contributed by atoms with E-state index in [4.69, 9.17) is 4.42 Å². The van der Waals surface area contributed by atoms with Crippen molar-refractivity contribution in [1.82, 2.24) is 4.31 Å². The lowest BCUT2D eigenvalue weighted by Gasteiger charge is -2.22. The molecule has 0 radical (unpaired) electrons. The Morgan fingerprint density at radius 3 is 2.26 bits per heavy atom. The first kappa shape index (κ1) is 16.2. The molecule has 0 aliphatic heterocycles. The highest BCUT2D eigenvalue weighted by molar-refractivity contribution is 7.89. The summed E-state index contributed by atoms with van der Waals surface area (Å²) in [5.41, 5.74) is 0.361. The Hall–Kier alpha value is -0.850. The van der Waals surface area contributed by atoms with Crippen molar-refractivity contribution < 1.29 is 17.9 Å². The minimum atomic E-state index is -3.62. The van der Waals surface area contributed by atoms with Crippen LogP contribution in [0.4, 0.5) is 0 Å². The Morgan fingerprint density at radius 1 is 1.26 bits per heavy atom. The fourth-order valence-corrected chi connectivity index (χ4v) is 4.18. The average molecular weight is 289 g/mol. The van der Waals surface area contributed by atoms with E-state index in [1.165, 1.54) is 4.31 Å². The molecule has 1 rings (SSSR count). The molecule has 19 heavy (non-hydrogen) atoms. The van der Waals surface area contributed by atoms with E-state index in [1.54, 1.807) is 20.8 Å². The van der Waals surface area contributed by atoms with Crippen molar-refractivity contribution >= 4 is 10.0 Å². The summed E-state index contributed by atoms with van der Waals surface area (Å²) < 4.78 is 32.1. The topological polar surface area (TPSA) is 70.8 Å². The molecule has 1 aromatic rings. The summed E-state index contributed by atoms with van der Waals surface area (Å²) in [6, 6.07) is 0. The van der Waals surface area contributed by atoms with Crippen LogP contribution in [0.25, 0.3) is 0 Å². The molecule has 5 nitrogen and oxygen atoms in total. The number of hydrogen-bond acceptors (Lipinski definition) is 4. The zero-order valence-electron chi connectivity index (χ0n) is 12.2. The summed E-state index contributed by atoms with van der Waals surface area (Å²) in [5.74, 6) is 1.03. The van der Waals surface area contributed by atoms with Gasteiger partial charge in [0.2, 0.25) is 10.0 Å². The summed E-state index contributed by atoms with van der Waals surface area (Å²) in [5, 5.41) is 9.37. The van der Waals surface area contributed by atoms with E-state index in [0.29, 0.717) is 30.2 Å². The molecule has 0 aliphatic carbocycles. The standard InChI is InChI=1S/C13H23NO4S/c1-6-14(7-9(2)3)19(16,17)13-11(5)18-10(4)12(13)8-15/h9,15H,6-8H2,1-5H3. The van der Waals surface area contributed by atoms with Crippen LogP contribution in [0.1, 0.15) is 37.9 Å². The number of nitrogens with zero attached hydrogens (tertiary/aromatic N) is 1. The third kappa shape index (κ3) is 3.19. The second-order valence-corrected chi connectivity index (χ2v) is 6.90. The SMILES string of the molecule is CCN(CC(C)C)S(=O)(=O)c1c(C)oc(C)c1CO. The van der Waals surface area contributed by atoms with Gasteiger partial charge in [-0.1, -0.05) is 20.8 Å². The van der Waals surface area contributed by atoms with Crippen LogP contribution in [-0.2, 0) is 16.6 Å². The molecule has 0 aliphatic rings. The average Bonchev–Trinajstić information content (AvgIpc) is 2.60. The van der Waals surface area contributed by atoms with Gasteiger partial charge in [-0.2, -0.15) is 4.31 Å². The monoisotopic (exact) mass is 289 g/mol. The molecule has 1 N–H and O–H groups in total. The minimum absolute atomic E-state index is 0.120. The van der Waals surface area contributed by atoms with Gasteiger partial charge in [0.1, 0.15) is 16.4 Å². The molecule has 0 saturated heterocycles. The van der Waals surface area contributed by atoms with Gasteiger partial charge in [-0.3, -0.25) is 0 Å². The van der Waals surface area contributed by atoms with Crippen molar-refractivity contribution in [2.75, 3.05) is 13.1 Å². The number of aliphatic hydroxyl groups is 1. The van der Waals surface area contributed by atoms with Gasteiger partial charge in [0.05, 0.1) is 6.61 Å². The smallest absolute Gasteiger partial charge is 0.246 e. The maximum Gasteiger partial charge on any atom is 0.246 e. The third-order valence-corrected chi connectivity index (χ3v) is 5.14. The van der Waals surface area contributed by atoms with Gasteiger partial charge in [-0.05, 0) is 19.8 Å². The molecule has 0 fully saturated rings. The van der Waals surface area contributed by atoms with Crippen molar-refractivity contribution in [1.29, 1.82) is 0 Å². The lowest BCUT2D eigenvalue weighted by atomic mass is 10.2. The fraction of sp³-hybridized carbons (Fsp3) is 0.692. The lowest BCUT2D eigenvalue weighted by Crippen LogP contribution is -2.34. The molecule has 1 heterocycles. The number of hydrogen-bond donors (Lipinski definition) is 1.